The zero-order valence-corrected chi connectivity index (χ0v) is 19.1. The first kappa shape index (κ1) is 21.8. The molecule has 1 aliphatic heterocycles. The standard InChI is InChI=1S/C22H19N5O6S/c1-32-12-10-25-20(33-2)15-13(12)11(9-24-15)17(28)22(31)27-6-4-26(5-7-27)16-14(18(29)19(16)30)21-23-3-8-34-21/h3,8-10,24H,4-7H2,1-2H3. The Morgan fingerprint density at radius 1 is 1.06 bits per heavy atom. The molecule has 4 aromatic rings. The molecule has 1 amide bonds. The van der Waals surface area contributed by atoms with E-state index in [2.05, 4.69) is 15.0 Å². The molecule has 12 heteroatoms. The minimum absolute atomic E-state index is 0.161. The molecule has 0 saturated carbocycles. The lowest BCUT2D eigenvalue weighted by Crippen LogP contribution is -2.54. The van der Waals surface area contributed by atoms with Crippen LogP contribution in [0, 0.1) is 0 Å². The quantitative estimate of drug-likeness (QED) is 0.314. The Morgan fingerprint density at radius 2 is 1.82 bits per heavy atom. The number of nitrogens with one attached hydrogen (secondary N) is 1. The van der Waals surface area contributed by atoms with Gasteiger partial charge >= 0.3 is 0 Å². The van der Waals surface area contributed by atoms with E-state index in [0.717, 1.165) is 0 Å². The Kier molecular flexibility index (Phi) is 5.36. The van der Waals surface area contributed by atoms with Gasteiger partial charge in [-0.25, -0.2) is 9.97 Å². The van der Waals surface area contributed by atoms with Crippen molar-refractivity contribution >= 4 is 39.6 Å². The molecule has 34 heavy (non-hydrogen) atoms. The molecule has 0 atom stereocenters. The zero-order chi connectivity index (χ0) is 24.0. The highest BCUT2D eigenvalue weighted by atomic mass is 32.1. The summed E-state index contributed by atoms with van der Waals surface area (Å²) in [5.74, 6) is -0.736. The molecule has 0 unspecified atom stereocenters. The first-order valence-corrected chi connectivity index (χ1v) is 11.2. The van der Waals surface area contributed by atoms with Crippen LogP contribution in [0.4, 0.5) is 5.69 Å². The van der Waals surface area contributed by atoms with Crippen LogP contribution in [0.3, 0.4) is 0 Å². The van der Waals surface area contributed by atoms with Crippen molar-refractivity contribution in [1.29, 1.82) is 0 Å². The number of fused-ring (bicyclic) bond motifs is 1. The number of H-pyrrole nitrogens is 1. The van der Waals surface area contributed by atoms with Gasteiger partial charge < -0.3 is 24.3 Å². The molecule has 11 nitrogen and oxygen atoms in total. The molecule has 1 aromatic carbocycles. The van der Waals surface area contributed by atoms with E-state index in [1.54, 1.807) is 16.5 Å². The molecular weight excluding hydrogens is 462 g/mol. The second-order valence-corrected chi connectivity index (χ2v) is 8.51. The summed E-state index contributed by atoms with van der Waals surface area (Å²) in [5.41, 5.74) is 0.182. The van der Waals surface area contributed by atoms with Crippen molar-refractivity contribution in [2.45, 2.75) is 0 Å². The van der Waals surface area contributed by atoms with Gasteiger partial charge in [0.2, 0.25) is 11.3 Å². The number of aromatic amines is 1. The maximum Gasteiger partial charge on any atom is 0.295 e. The van der Waals surface area contributed by atoms with Crippen LogP contribution < -0.4 is 25.2 Å². The number of amides is 1. The first-order chi connectivity index (χ1) is 16.5. The van der Waals surface area contributed by atoms with E-state index in [1.807, 2.05) is 0 Å². The van der Waals surface area contributed by atoms with E-state index in [9.17, 15) is 19.2 Å². The van der Waals surface area contributed by atoms with Gasteiger partial charge in [-0.1, -0.05) is 0 Å². The summed E-state index contributed by atoms with van der Waals surface area (Å²) in [6.07, 6.45) is 4.45. The highest BCUT2D eigenvalue weighted by molar-refractivity contribution is 7.13. The fourth-order valence-corrected chi connectivity index (χ4v) is 4.88. The third kappa shape index (κ3) is 3.25. The van der Waals surface area contributed by atoms with Crippen LogP contribution in [0.2, 0.25) is 0 Å². The van der Waals surface area contributed by atoms with Crippen LogP contribution >= 0.6 is 11.3 Å². The Labute approximate surface area is 196 Å². The predicted octanol–water partition coefficient (Wildman–Crippen LogP) is 0.831. The van der Waals surface area contributed by atoms with Gasteiger partial charge in [0.15, 0.2) is 0 Å². The average molecular weight is 481 g/mol. The van der Waals surface area contributed by atoms with Crippen molar-refractivity contribution in [2.75, 3.05) is 45.3 Å². The van der Waals surface area contributed by atoms with Crippen molar-refractivity contribution in [3.8, 4) is 22.2 Å². The second kappa shape index (κ2) is 8.37. The normalized spacial score (nSPS) is 14.1. The summed E-state index contributed by atoms with van der Waals surface area (Å²) in [5, 5.41) is 2.67. The Morgan fingerprint density at radius 3 is 2.47 bits per heavy atom. The monoisotopic (exact) mass is 481 g/mol. The van der Waals surface area contributed by atoms with Gasteiger partial charge in [-0.15, -0.1) is 11.3 Å². The number of Topliss-reactive ketones (excluding diaryl/α,β-unsaturated/α-hetero) is 1. The third-order valence-corrected chi connectivity index (χ3v) is 6.70. The van der Waals surface area contributed by atoms with Crippen molar-refractivity contribution in [3.05, 3.63) is 50.0 Å². The van der Waals surface area contributed by atoms with Crippen LogP contribution in [-0.4, -0.2) is 71.9 Å². The summed E-state index contributed by atoms with van der Waals surface area (Å²) >= 11 is 1.29. The Bertz CT molecular complexity index is 1480. The largest absolute Gasteiger partial charge is 0.494 e. The van der Waals surface area contributed by atoms with Crippen molar-refractivity contribution in [2.24, 2.45) is 0 Å². The molecule has 1 saturated heterocycles. The molecule has 3 aromatic heterocycles. The van der Waals surface area contributed by atoms with Gasteiger partial charge in [0.1, 0.15) is 22.0 Å². The molecule has 0 radical (unpaired) electrons. The predicted molar refractivity (Wildman–Crippen MR) is 125 cm³/mol. The van der Waals surface area contributed by atoms with Crippen LogP contribution in [0.5, 0.6) is 11.6 Å². The summed E-state index contributed by atoms with van der Waals surface area (Å²) in [6.45, 7) is 1.09. The molecule has 0 spiro atoms. The van der Waals surface area contributed by atoms with Crippen molar-refractivity contribution in [1.82, 2.24) is 19.9 Å². The van der Waals surface area contributed by atoms with Gasteiger partial charge in [-0.3, -0.25) is 19.2 Å². The molecule has 174 valence electrons. The highest BCUT2D eigenvalue weighted by Gasteiger charge is 2.34. The topological polar surface area (TPSA) is 135 Å². The number of anilines is 1. The number of pyridine rings is 1. The molecule has 1 N–H and O–H groups in total. The number of thiazole rings is 1. The number of carbonyl (C=O) groups is 2. The number of hydrogen-bond donors (Lipinski definition) is 1. The number of hydrogen-bond acceptors (Lipinski definition) is 10. The van der Waals surface area contributed by atoms with E-state index in [4.69, 9.17) is 9.47 Å². The molecule has 0 bridgehead atoms. The van der Waals surface area contributed by atoms with E-state index in [-0.39, 0.29) is 24.5 Å². The van der Waals surface area contributed by atoms with Crippen molar-refractivity contribution < 1.29 is 19.1 Å². The van der Waals surface area contributed by atoms with Crippen LogP contribution in [0.1, 0.15) is 10.4 Å². The summed E-state index contributed by atoms with van der Waals surface area (Å²) in [6, 6.07) is 0. The molecule has 1 aliphatic rings. The Hall–Kier alpha value is -4.06. The number of carbonyl (C=O) groups excluding carboxylic acids is 2. The number of ether oxygens (including phenoxy) is 2. The molecular formula is C22H19N5O6S. The minimum Gasteiger partial charge on any atom is -0.494 e. The second-order valence-electron chi connectivity index (χ2n) is 7.62. The highest BCUT2D eigenvalue weighted by Crippen LogP contribution is 2.34. The average Bonchev–Trinajstić information content (AvgIpc) is 3.56. The smallest absolute Gasteiger partial charge is 0.295 e. The van der Waals surface area contributed by atoms with Gasteiger partial charge in [-0.2, -0.15) is 0 Å². The van der Waals surface area contributed by atoms with Gasteiger partial charge in [0.05, 0.1) is 36.9 Å². The fourth-order valence-electron chi connectivity index (χ4n) is 4.20. The molecule has 4 heterocycles. The minimum atomic E-state index is -0.691. The molecule has 5 rings (SSSR count). The maximum absolute atomic E-state index is 13.1. The summed E-state index contributed by atoms with van der Waals surface area (Å²) in [7, 11) is 2.91. The van der Waals surface area contributed by atoms with Gasteiger partial charge in [0.25, 0.3) is 17.1 Å². The van der Waals surface area contributed by atoms with Crippen LogP contribution in [0.15, 0.2) is 33.6 Å². The van der Waals surface area contributed by atoms with Crippen LogP contribution in [-0.2, 0) is 4.79 Å². The molecule has 0 aliphatic carbocycles. The number of ketones is 1. The lowest BCUT2D eigenvalue weighted by Gasteiger charge is -2.36. The maximum atomic E-state index is 13.1. The lowest BCUT2D eigenvalue weighted by molar-refractivity contribution is -0.126. The molecule has 1 fully saturated rings. The van der Waals surface area contributed by atoms with E-state index < -0.39 is 22.5 Å². The lowest BCUT2D eigenvalue weighted by atomic mass is 10.0. The van der Waals surface area contributed by atoms with E-state index >= 15 is 0 Å². The van der Waals surface area contributed by atoms with Gasteiger partial charge in [0, 0.05) is 44.0 Å². The summed E-state index contributed by atoms with van der Waals surface area (Å²) in [4.78, 5) is 64.9. The number of rotatable bonds is 6. The van der Waals surface area contributed by atoms with E-state index in [1.165, 1.54) is 42.8 Å². The number of piperazine rings is 1. The SMILES string of the molecule is COc1ncc(OC)c2c(C(=O)C(=O)N3CCN(c4c(-c5nccs5)c(=O)c4=O)CC3)c[nH]c12. The van der Waals surface area contributed by atoms with E-state index in [0.29, 0.717) is 46.0 Å². The van der Waals surface area contributed by atoms with Crippen LogP contribution in [0.25, 0.3) is 21.5 Å². The number of nitrogens with zero attached hydrogens (tertiary/aromatic N) is 4. The number of aromatic nitrogens is 3. The number of methoxy groups -OCH3 is 2. The van der Waals surface area contributed by atoms with Crippen molar-refractivity contribution in [3.63, 3.8) is 0 Å². The Balaban J connectivity index is 1.35. The first-order valence-electron chi connectivity index (χ1n) is 10.4. The van der Waals surface area contributed by atoms with Gasteiger partial charge in [-0.05, 0) is 0 Å². The zero-order valence-electron chi connectivity index (χ0n) is 18.3. The third-order valence-electron chi connectivity index (χ3n) is 5.91. The fraction of sp³-hybridized carbons (Fsp3) is 0.273. The summed E-state index contributed by atoms with van der Waals surface area (Å²) < 4.78 is 10.6.